The summed E-state index contributed by atoms with van der Waals surface area (Å²) in [4.78, 5) is 0. The first kappa shape index (κ1) is 14.9. The maximum Gasteiger partial charge on any atom is 0.250 e. The molecule has 1 aromatic carbocycles. The van der Waals surface area contributed by atoms with Crippen molar-refractivity contribution in [2.75, 3.05) is 13.2 Å². The number of benzene rings is 1. The minimum absolute atomic E-state index is 0.0168. The highest BCUT2D eigenvalue weighted by Gasteiger charge is 2.14. The fourth-order valence-corrected chi connectivity index (χ4v) is 3.47. The molecular formula is C12H11F2NO3S2. The van der Waals surface area contributed by atoms with Crippen molar-refractivity contribution in [3.63, 3.8) is 0 Å². The Bertz CT molecular complexity index is 672. The number of nitrogens with one attached hydrogen (secondary N) is 1. The smallest absolute Gasteiger partial charge is 0.250 e. The highest BCUT2D eigenvalue weighted by molar-refractivity contribution is 7.91. The second kappa shape index (κ2) is 6.29. The number of sulfonamides is 1. The Balaban J connectivity index is 1.85. The molecule has 0 bridgehead atoms. The molecule has 0 aliphatic rings. The number of ether oxygens (including phenoxy) is 1. The van der Waals surface area contributed by atoms with Gasteiger partial charge in [0.15, 0.2) is 11.6 Å². The van der Waals surface area contributed by atoms with Crippen molar-refractivity contribution in [3.05, 3.63) is 47.3 Å². The van der Waals surface area contributed by atoms with Gasteiger partial charge in [0.25, 0.3) is 0 Å². The molecule has 4 nitrogen and oxygen atoms in total. The van der Waals surface area contributed by atoms with Crippen LogP contribution in [0, 0.1) is 11.6 Å². The Morgan fingerprint density at radius 1 is 1.25 bits per heavy atom. The third-order valence-electron chi connectivity index (χ3n) is 2.31. The van der Waals surface area contributed by atoms with Crippen molar-refractivity contribution in [2.24, 2.45) is 0 Å². The van der Waals surface area contributed by atoms with E-state index in [0.717, 1.165) is 23.5 Å². The highest BCUT2D eigenvalue weighted by Crippen LogP contribution is 2.17. The number of halogens is 2. The van der Waals surface area contributed by atoms with Crippen LogP contribution in [-0.4, -0.2) is 21.6 Å². The monoisotopic (exact) mass is 319 g/mol. The second-order valence-corrected chi connectivity index (χ2v) is 6.69. The van der Waals surface area contributed by atoms with Crippen LogP contribution in [0.5, 0.6) is 5.75 Å². The fourth-order valence-electron chi connectivity index (χ4n) is 1.42. The van der Waals surface area contributed by atoms with Gasteiger partial charge in [0.05, 0.1) is 0 Å². The zero-order valence-electron chi connectivity index (χ0n) is 10.2. The number of hydrogen-bond donors (Lipinski definition) is 1. The van der Waals surface area contributed by atoms with Gasteiger partial charge in [-0.3, -0.25) is 0 Å². The Hall–Kier alpha value is -1.51. The Kier molecular flexibility index (Phi) is 4.69. The van der Waals surface area contributed by atoms with Gasteiger partial charge >= 0.3 is 0 Å². The average molecular weight is 319 g/mol. The third-order valence-corrected chi connectivity index (χ3v) is 5.16. The molecule has 0 spiro atoms. The Morgan fingerprint density at radius 3 is 2.70 bits per heavy atom. The van der Waals surface area contributed by atoms with Crippen LogP contribution in [0.4, 0.5) is 8.78 Å². The molecule has 0 saturated carbocycles. The maximum absolute atomic E-state index is 13.2. The predicted molar refractivity (Wildman–Crippen MR) is 71.4 cm³/mol. The molecule has 108 valence electrons. The van der Waals surface area contributed by atoms with Crippen LogP contribution in [0.1, 0.15) is 0 Å². The number of thiophene rings is 1. The van der Waals surface area contributed by atoms with Crippen LogP contribution in [0.15, 0.2) is 39.9 Å². The van der Waals surface area contributed by atoms with Gasteiger partial charge < -0.3 is 4.74 Å². The predicted octanol–water partition coefficient (Wildman–Crippen LogP) is 2.38. The maximum atomic E-state index is 13.2. The van der Waals surface area contributed by atoms with E-state index in [9.17, 15) is 17.2 Å². The summed E-state index contributed by atoms with van der Waals surface area (Å²) in [6.45, 7) is -0.0792. The number of rotatable bonds is 6. The second-order valence-electron chi connectivity index (χ2n) is 3.75. The topological polar surface area (TPSA) is 55.4 Å². The minimum Gasteiger partial charge on any atom is -0.489 e. The summed E-state index contributed by atoms with van der Waals surface area (Å²) in [5.74, 6) is -1.65. The first-order valence-electron chi connectivity index (χ1n) is 5.60. The SMILES string of the molecule is O=S(=O)(NCCOc1ccc(F)cc1F)c1cccs1. The van der Waals surface area contributed by atoms with Crippen molar-refractivity contribution in [1.29, 1.82) is 0 Å². The molecule has 0 fully saturated rings. The minimum atomic E-state index is -3.55. The Labute approximate surface area is 119 Å². The summed E-state index contributed by atoms with van der Waals surface area (Å²) in [6.07, 6.45) is 0. The molecule has 20 heavy (non-hydrogen) atoms. The van der Waals surface area contributed by atoms with Gasteiger partial charge in [-0.1, -0.05) is 6.07 Å². The van der Waals surface area contributed by atoms with Crippen LogP contribution in [0.2, 0.25) is 0 Å². The molecular weight excluding hydrogens is 308 g/mol. The van der Waals surface area contributed by atoms with Gasteiger partial charge in [-0.15, -0.1) is 11.3 Å². The van der Waals surface area contributed by atoms with E-state index < -0.39 is 21.7 Å². The summed E-state index contributed by atoms with van der Waals surface area (Å²) in [7, 11) is -3.55. The molecule has 0 saturated heterocycles. The van der Waals surface area contributed by atoms with E-state index in [2.05, 4.69) is 4.72 Å². The molecule has 0 aliphatic heterocycles. The largest absolute Gasteiger partial charge is 0.489 e. The zero-order chi connectivity index (χ0) is 14.6. The lowest BCUT2D eigenvalue weighted by molar-refractivity contribution is 0.305. The van der Waals surface area contributed by atoms with Crippen LogP contribution < -0.4 is 9.46 Å². The first-order chi connectivity index (χ1) is 9.49. The van der Waals surface area contributed by atoms with E-state index in [1.54, 1.807) is 11.4 Å². The van der Waals surface area contributed by atoms with E-state index in [1.807, 2.05) is 0 Å². The van der Waals surface area contributed by atoms with Gasteiger partial charge in [-0.05, 0) is 23.6 Å². The van der Waals surface area contributed by atoms with Crippen LogP contribution in [-0.2, 0) is 10.0 Å². The van der Waals surface area contributed by atoms with Crippen LogP contribution in [0.3, 0.4) is 0 Å². The zero-order valence-corrected chi connectivity index (χ0v) is 11.8. The van der Waals surface area contributed by atoms with Gasteiger partial charge in [0.1, 0.15) is 16.6 Å². The quantitative estimate of drug-likeness (QED) is 0.832. The standard InChI is InChI=1S/C12H11F2NO3S2/c13-9-3-4-11(10(14)8-9)18-6-5-15-20(16,17)12-2-1-7-19-12/h1-4,7-8,15H,5-6H2. The molecule has 2 aromatic rings. The lowest BCUT2D eigenvalue weighted by Gasteiger charge is -2.08. The van der Waals surface area contributed by atoms with Crippen molar-refractivity contribution in [3.8, 4) is 5.75 Å². The molecule has 0 amide bonds. The highest BCUT2D eigenvalue weighted by atomic mass is 32.2. The van der Waals surface area contributed by atoms with E-state index >= 15 is 0 Å². The Morgan fingerprint density at radius 2 is 2.05 bits per heavy atom. The normalized spacial score (nSPS) is 11.5. The molecule has 1 N–H and O–H groups in total. The molecule has 8 heteroatoms. The number of hydrogen-bond acceptors (Lipinski definition) is 4. The summed E-state index contributed by atoms with van der Waals surface area (Å²) < 4.78 is 56.9. The van der Waals surface area contributed by atoms with Crippen molar-refractivity contribution >= 4 is 21.4 Å². The summed E-state index contributed by atoms with van der Waals surface area (Å²) in [6, 6.07) is 6.02. The lowest BCUT2D eigenvalue weighted by Crippen LogP contribution is -2.27. The van der Waals surface area contributed by atoms with Gasteiger partial charge in [0, 0.05) is 12.6 Å². The summed E-state index contributed by atoms with van der Waals surface area (Å²) >= 11 is 1.10. The van der Waals surface area contributed by atoms with Crippen molar-refractivity contribution in [1.82, 2.24) is 4.72 Å². The van der Waals surface area contributed by atoms with E-state index in [-0.39, 0.29) is 23.1 Å². The van der Waals surface area contributed by atoms with Crippen molar-refractivity contribution < 1.29 is 21.9 Å². The molecule has 0 aliphatic carbocycles. The average Bonchev–Trinajstić information content (AvgIpc) is 2.91. The summed E-state index contributed by atoms with van der Waals surface area (Å²) in [5.41, 5.74) is 0. The van der Waals surface area contributed by atoms with E-state index in [1.165, 1.54) is 6.07 Å². The van der Waals surface area contributed by atoms with Gasteiger partial charge in [-0.25, -0.2) is 21.9 Å². The van der Waals surface area contributed by atoms with Gasteiger partial charge in [-0.2, -0.15) is 0 Å². The van der Waals surface area contributed by atoms with E-state index in [0.29, 0.717) is 6.07 Å². The third kappa shape index (κ3) is 3.75. The molecule has 0 unspecified atom stereocenters. The van der Waals surface area contributed by atoms with Gasteiger partial charge in [0.2, 0.25) is 10.0 Å². The summed E-state index contributed by atoms with van der Waals surface area (Å²) in [5, 5.41) is 1.65. The van der Waals surface area contributed by atoms with Crippen LogP contribution >= 0.6 is 11.3 Å². The molecule has 0 atom stereocenters. The fraction of sp³-hybridized carbons (Fsp3) is 0.167. The molecule has 2 rings (SSSR count). The van der Waals surface area contributed by atoms with Crippen LogP contribution in [0.25, 0.3) is 0 Å². The lowest BCUT2D eigenvalue weighted by atomic mass is 10.3. The van der Waals surface area contributed by atoms with Crippen molar-refractivity contribution in [2.45, 2.75) is 4.21 Å². The van der Waals surface area contributed by atoms with E-state index in [4.69, 9.17) is 4.74 Å². The molecule has 0 radical (unpaired) electrons. The first-order valence-corrected chi connectivity index (χ1v) is 7.96. The molecule has 1 heterocycles. The molecule has 1 aromatic heterocycles.